The van der Waals surface area contributed by atoms with Gasteiger partial charge in [-0.05, 0) is 42.8 Å². The van der Waals surface area contributed by atoms with Crippen LogP contribution in [0.2, 0.25) is 15.1 Å². The minimum Gasteiger partial charge on any atom is -0.337 e. The number of nitrogens with zero attached hydrogens (tertiary/aromatic N) is 4. The van der Waals surface area contributed by atoms with Crippen molar-refractivity contribution < 1.29 is 0 Å². The molecule has 0 bridgehead atoms. The topological polar surface area (TPSA) is 35.1 Å². The fraction of sp³-hybridized carbons (Fsp3) is 0.143. The van der Waals surface area contributed by atoms with Crippen LogP contribution in [0.3, 0.4) is 0 Å². The highest BCUT2D eigenvalue weighted by Gasteiger charge is 2.10. The van der Waals surface area contributed by atoms with Crippen LogP contribution in [0.4, 0.5) is 5.69 Å². The molecule has 0 radical (unpaired) electrons. The predicted molar refractivity (Wildman–Crippen MR) is 121 cm³/mol. The summed E-state index contributed by atoms with van der Waals surface area (Å²) < 4.78 is 4.29. The highest BCUT2D eigenvalue weighted by molar-refractivity contribution is 7.07. The van der Waals surface area contributed by atoms with Gasteiger partial charge in [0, 0.05) is 41.4 Å². The molecule has 2 heterocycles. The second-order valence-corrected chi connectivity index (χ2v) is 8.51. The van der Waals surface area contributed by atoms with Crippen LogP contribution in [0.15, 0.2) is 71.6 Å². The maximum Gasteiger partial charge on any atom is 0.190 e. The van der Waals surface area contributed by atoms with Crippen molar-refractivity contribution in [1.82, 2.24) is 14.1 Å². The van der Waals surface area contributed by atoms with E-state index >= 15 is 0 Å². The number of aryl methyl sites for hydroxylation is 1. The lowest BCUT2D eigenvalue weighted by Gasteiger charge is -2.10. The summed E-state index contributed by atoms with van der Waals surface area (Å²) in [5.41, 5.74) is 2.93. The number of thiazole rings is 1. The van der Waals surface area contributed by atoms with Crippen molar-refractivity contribution >= 4 is 51.8 Å². The van der Waals surface area contributed by atoms with E-state index in [-0.39, 0.29) is 0 Å². The SMILES string of the molecule is Clc1ccc(N=c2scc(-c3ccc(Cl)c(Cl)c3)n2CCCn2ccnc2)cc1. The number of halogens is 3. The van der Waals surface area contributed by atoms with Crippen molar-refractivity contribution in [3.63, 3.8) is 0 Å². The Hall–Kier alpha value is -2.05. The summed E-state index contributed by atoms with van der Waals surface area (Å²) in [5, 5.41) is 3.88. The van der Waals surface area contributed by atoms with Gasteiger partial charge in [0.25, 0.3) is 0 Å². The Balaban J connectivity index is 1.71. The average Bonchev–Trinajstić information content (AvgIpc) is 3.37. The molecule has 8 heteroatoms. The Labute approximate surface area is 187 Å². The van der Waals surface area contributed by atoms with Crippen LogP contribution in [0.1, 0.15) is 6.42 Å². The standard InChI is InChI=1S/C21H17Cl3N4S/c22-16-3-5-17(6-4-16)26-21-28(10-1-9-27-11-8-25-14-27)20(13-29-21)15-2-7-18(23)19(24)12-15/h2-8,11-14H,1,9-10H2. The lowest BCUT2D eigenvalue weighted by atomic mass is 10.1. The highest BCUT2D eigenvalue weighted by atomic mass is 35.5. The van der Waals surface area contributed by atoms with Crippen LogP contribution in [0, 0.1) is 0 Å². The van der Waals surface area contributed by atoms with Crippen molar-refractivity contribution in [2.24, 2.45) is 4.99 Å². The van der Waals surface area contributed by atoms with Crippen LogP contribution in [0.5, 0.6) is 0 Å². The third kappa shape index (κ3) is 4.93. The van der Waals surface area contributed by atoms with Gasteiger partial charge in [-0.1, -0.05) is 40.9 Å². The molecule has 0 aliphatic rings. The van der Waals surface area contributed by atoms with Crippen molar-refractivity contribution in [2.75, 3.05) is 0 Å². The quantitative estimate of drug-likeness (QED) is 0.313. The zero-order valence-electron chi connectivity index (χ0n) is 15.3. The van der Waals surface area contributed by atoms with Crippen molar-refractivity contribution in [1.29, 1.82) is 0 Å². The Kier molecular flexibility index (Phi) is 6.40. The fourth-order valence-corrected chi connectivity index (χ4v) is 4.36. The first-order chi connectivity index (χ1) is 14.1. The summed E-state index contributed by atoms with van der Waals surface area (Å²) in [5.74, 6) is 0. The normalized spacial score (nSPS) is 11.9. The molecule has 0 saturated carbocycles. The van der Waals surface area contributed by atoms with Gasteiger partial charge in [0.1, 0.15) is 0 Å². The molecule has 0 saturated heterocycles. The van der Waals surface area contributed by atoms with Crippen LogP contribution in [-0.4, -0.2) is 14.1 Å². The van der Waals surface area contributed by atoms with Crippen LogP contribution >= 0.6 is 46.1 Å². The number of hydrogen-bond donors (Lipinski definition) is 0. The third-order valence-electron chi connectivity index (χ3n) is 4.42. The summed E-state index contributed by atoms with van der Waals surface area (Å²) in [6.07, 6.45) is 6.53. The molecule has 4 aromatic rings. The molecule has 0 aliphatic heterocycles. The highest BCUT2D eigenvalue weighted by Crippen LogP contribution is 2.29. The molecule has 0 unspecified atom stereocenters. The van der Waals surface area contributed by atoms with Crippen molar-refractivity contribution in [3.8, 4) is 11.3 Å². The van der Waals surface area contributed by atoms with Crippen LogP contribution in [-0.2, 0) is 13.1 Å². The van der Waals surface area contributed by atoms with E-state index in [2.05, 4.69) is 19.5 Å². The van der Waals surface area contributed by atoms with Gasteiger partial charge < -0.3 is 9.13 Å². The van der Waals surface area contributed by atoms with Gasteiger partial charge in [-0.3, -0.25) is 0 Å². The Morgan fingerprint density at radius 1 is 0.966 bits per heavy atom. The molecule has 4 nitrogen and oxygen atoms in total. The van der Waals surface area contributed by atoms with E-state index in [4.69, 9.17) is 39.8 Å². The third-order valence-corrected chi connectivity index (χ3v) is 6.28. The summed E-state index contributed by atoms with van der Waals surface area (Å²) in [6.45, 7) is 1.69. The second-order valence-electron chi connectivity index (χ2n) is 6.43. The van der Waals surface area contributed by atoms with Gasteiger partial charge in [0.15, 0.2) is 4.80 Å². The molecule has 29 heavy (non-hydrogen) atoms. The molecule has 0 N–H and O–H groups in total. The average molecular weight is 464 g/mol. The molecule has 0 aliphatic carbocycles. The van der Waals surface area contributed by atoms with E-state index in [1.165, 1.54) is 0 Å². The molecule has 4 rings (SSSR count). The molecule has 2 aromatic carbocycles. The van der Waals surface area contributed by atoms with Gasteiger partial charge in [0.2, 0.25) is 0 Å². The molecule has 0 spiro atoms. The second kappa shape index (κ2) is 9.18. The lowest BCUT2D eigenvalue weighted by Crippen LogP contribution is -2.17. The van der Waals surface area contributed by atoms with Gasteiger partial charge >= 0.3 is 0 Å². The maximum atomic E-state index is 6.26. The van der Waals surface area contributed by atoms with E-state index in [1.54, 1.807) is 17.5 Å². The maximum absolute atomic E-state index is 6.26. The number of aromatic nitrogens is 3. The Bertz CT molecular complexity index is 1160. The Morgan fingerprint density at radius 2 is 1.79 bits per heavy atom. The predicted octanol–water partition coefficient (Wildman–Crippen LogP) is 6.70. The molecule has 148 valence electrons. The van der Waals surface area contributed by atoms with Crippen LogP contribution < -0.4 is 4.80 Å². The first-order valence-electron chi connectivity index (χ1n) is 9.00. The summed E-state index contributed by atoms with van der Waals surface area (Å²) in [6, 6.07) is 13.2. The molecule has 0 fully saturated rings. The molecular weight excluding hydrogens is 447 g/mol. The number of rotatable bonds is 6. The van der Waals surface area contributed by atoms with E-state index in [9.17, 15) is 0 Å². The number of imidazole rings is 1. The van der Waals surface area contributed by atoms with Gasteiger partial charge in [-0.15, -0.1) is 11.3 Å². The van der Waals surface area contributed by atoms with E-state index < -0.39 is 0 Å². The van der Waals surface area contributed by atoms with Crippen LogP contribution in [0.25, 0.3) is 11.3 Å². The minimum absolute atomic E-state index is 0.538. The van der Waals surface area contributed by atoms with Gasteiger partial charge in [-0.25, -0.2) is 9.98 Å². The molecule has 2 aromatic heterocycles. The van der Waals surface area contributed by atoms with E-state index in [1.807, 2.05) is 55.0 Å². The van der Waals surface area contributed by atoms with E-state index in [0.29, 0.717) is 15.1 Å². The largest absolute Gasteiger partial charge is 0.337 e. The fourth-order valence-electron chi connectivity index (χ4n) is 2.98. The zero-order chi connectivity index (χ0) is 20.2. The smallest absolute Gasteiger partial charge is 0.190 e. The Morgan fingerprint density at radius 3 is 2.52 bits per heavy atom. The minimum atomic E-state index is 0.538. The zero-order valence-corrected chi connectivity index (χ0v) is 18.4. The lowest BCUT2D eigenvalue weighted by molar-refractivity contribution is 0.559. The number of hydrogen-bond acceptors (Lipinski definition) is 3. The van der Waals surface area contributed by atoms with Gasteiger partial charge in [-0.2, -0.15) is 0 Å². The monoisotopic (exact) mass is 462 g/mol. The number of benzene rings is 2. The van der Waals surface area contributed by atoms with Crippen molar-refractivity contribution in [3.05, 3.63) is 86.4 Å². The molecule has 0 atom stereocenters. The summed E-state index contributed by atoms with van der Waals surface area (Å²) in [4.78, 5) is 9.85. The van der Waals surface area contributed by atoms with Crippen molar-refractivity contribution in [2.45, 2.75) is 19.5 Å². The molecular formula is C21H17Cl3N4S. The molecule has 0 amide bonds. The van der Waals surface area contributed by atoms with E-state index in [0.717, 1.165) is 41.3 Å². The summed E-state index contributed by atoms with van der Waals surface area (Å²) in [7, 11) is 0. The first-order valence-corrected chi connectivity index (χ1v) is 11.0. The first kappa shape index (κ1) is 20.2. The van der Waals surface area contributed by atoms with Gasteiger partial charge in [0.05, 0.1) is 27.8 Å². The summed E-state index contributed by atoms with van der Waals surface area (Å²) >= 11 is 20.0.